The topological polar surface area (TPSA) is 76.4 Å². The van der Waals surface area contributed by atoms with Gasteiger partial charge in [-0.05, 0) is 38.5 Å². The van der Waals surface area contributed by atoms with Crippen LogP contribution in [0.5, 0.6) is 0 Å². The smallest absolute Gasteiger partial charge is 0.267 e. The number of rotatable bonds is 5. The standard InChI is InChI=1S/C22H26N4O4S2/c1-13-5-6-18-23-19(24-11-14(2)30-15(3)12-24)16(20(27)26(18)10-13)9-17-21(28)25(7-8-29-4)22(31)32-17/h5-6,9-10,14-15H,7-8,11-12H2,1-4H3/b17-9+. The van der Waals surface area contributed by atoms with Gasteiger partial charge in [0, 0.05) is 26.4 Å². The lowest BCUT2D eigenvalue weighted by atomic mass is 10.1. The van der Waals surface area contributed by atoms with E-state index in [-0.39, 0.29) is 23.7 Å². The Kier molecular flexibility index (Phi) is 6.66. The van der Waals surface area contributed by atoms with Gasteiger partial charge in [0.05, 0.1) is 35.8 Å². The molecule has 4 heterocycles. The molecule has 2 unspecified atom stereocenters. The lowest BCUT2D eigenvalue weighted by molar-refractivity contribution is -0.122. The molecular weight excluding hydrogens is 448 g/mol. The quantitative estimate of drug-likeness (QED) is 0.483. The van der Waals surface area contributed by atoms with Crippen LogP contribution in [0.3, 0.4) is 0 Å². The zero-order chi connectivity index (χ0) is 23.0. The number of thioether (sulfide) groups is 1. The number of hydrogen-bond acceptors (Lipinski definition) is 8. The highest BCUT2D eigenvalue weighted by Gasteiger charge is 2.33. The Hall–Kier alpha value is -2.27. The number of hydrogen-bond donors (Lipinski definition) is 0. The summed E-state index contributed by atoms with van der Waals surface area (Å²) in [6, 6.07) is 3.76. The number of aromatic nitrogens is 2. The van der Waals surface area contributed by atoms with Gasteiger partial charge in [0.2, 0.25) is 0 Å². The number of thiocarbonyl (C=S) groups is 1. The SMILES string of the molecule is COCCN1C(=O)/C(=C\c2c(N3CC(C)OC(C)C3)nc3ccc(C)cn3c2=O)SC1=S. The number of fused-ring (bicyclic) bond motifs is 1. The van der Waals surface area contributed by atoms with E-state index in [1.54, 1.807) is 19.4 Å². The number of amides is 1. The molecule has 2 aliphatic heterocycles. The number of ether oxygens (including phenoxy) is 2. The molecule has 0 aliphatic carbocycles. The number of pyridine rings is 1. The van der Waals surface area contributed by atoms with Gasteiger partial charge in [-0.1, -0.05) is 30.0 Å². The van der Waals surface area contributed by atoms with Gasteiger partial charge < -0.3 is 14.4 Å². The fourth-order valence-corrected chi connectivity index (χ4v) is 5.26. The van der Waals surface area contributed by atoms with Crippen LogP contribution < -0.4 is 10.5 Å². The normalized spacial score (nSPS) is 23.1. The third-order valence-electron chi connectivity index (χ3n) is 5.37. The van der Waals surface area contributed by atoms with Gasteiger partial charge in [-0.3, -0.25) is 18.9 Å². The minimum absolute atomic E-state index is 0.00266. The molecule has 2 aliphatic rings. The monoisotopic (exact) mass is 474 g/mol. The largest absolute Gasteiger partial charge is 0.383 e. The Morgan fingerprint density at radius 1 is 1.28 bits per heavy atom. The molecule has 1 amide bonds. The Balaban J connectivity index is 1.84. The first-order valence-electron chi connectivity index (χ1n) is 10.5. The van der Waals surface area contributed by atoms with Crippen LogP contribution >= 0.6 is 24.0 Å². The Morgan fingerprint density at radius 2 is 2.00 bits per heavy atom. The van der Waals surface area contributed by atoms with Crippen molar-refractivity contribution in [2.75, 3.05) is 38.3 Å². The van der Waals surface area contributed by atoms with Gasteiger partial charge in [0.15, 0.2) is 0 Å². The Morgan fingerprint density at radius 3 is 2.69 bits per heavy atom. The molecule has 0 bridgehead atoms. The number of aryl methyl sites for hydroxylation is 1. The van der Waals surface area contributed by atoms with Crippen molar-refractivity contribution >= 4 is 51.7 Å². The van der Waals surface area contributed by atoms with E-state index in [0.29, 0.717) is 52.5 Å². The van der Waals surface area contributed by atoms with Crippen molar-refractivity contribution in [3.05, 3.63) is 44.7 Å². The average Bonchev–Trinajstić information content (AvgIpc) is 3.00. The van der Waals surface area contributed by atoms with Crippen LogP contribution in [0.4, 0.5) is 5.82 Å². The molecule has 0 N–H and O–H groups in total. The number of morpholine rings is 1. The van der Waals surface area contributed by atoms with Crippen molar-refractivity contribution < 1.29 is 14.3 Å². The summed E-state index contributed by atoms with van der Waals surface area (Å²) in [6.45, 7) is 7.89. The predicted octanol–water partition coefficient (Wildman–Crippen LogP) is 2.46. The number of carbonyl (C=O) groups is 1. The summed E-state index contributed by atoms with van der Waals surface area (Å²) < 4.78 is 12.9. The average molecular weight is 475 g/mol. The van der Waals surface area contributed by atoms with Crippen molar-refractivity contribution in [1.29, 1.82) is 0 Å². The fourth-order valence-electron chi connectivity index (χ4n) is 3.97. The number of methoxy groups -OCH3 is 1. The molecule has 2 aromatic rings. The van der Waals surface area contributed by atoms with Crippen molar-refractivity contribution in [3.63, 3.8) is 0 Å². The first-order chi connectivity index (χ1) is 15.3. The van der Waals surface area contributed by atoms with Crippen LogP contribution in [-0.4, -0.2) is 70.1 Å². The Bertz CT molecular complexity index is 1150. The Labute approximate surface area is 196 Å². The second kappa shape index (κ2) is 9.30. The minimum atomic E-state index is -0.222. The van der Waals surface area contributed by atoms with Crippen LogP contribution in [0.25, 0.3) is 11.7 Å². The second-order valence-electron chi connectivity index (χ2n) is 8.08. The van der Waals surface area contributed by atoms with Gasteiger partial charge in [-0.2, -0.15) is 0 Å². The molecule has 0 saturated carbocycles. The molecule has 2 aromatic heterocycles. The maximum Gasteiger partial charge on any atom is 0.267 e. The van der Waals surface area contributed by atoms with E-state index >= 15 is 0 Å². The van der Waals surface area contributed by atoms with Gasteiger partial charge in [0.25, 0.3) is 11.5 Å². The molecule has 10 heteroatoms. The second-order valence-corrected chi connectivity index (χ2v) is 9.75. The molecule has 0 aromatic carbocycles. The first-order valence-corrected chi connectivity index (χ1v) is 11.7. The number of carbonyl (C=O) groups excluding carboxylic acids is 1. The number of anilines is 1. The molecule has 8 nitrogen and oxygen atoms in total. The molecular formula is C22H26N4O4S2. The van der Waals surface area contributed by atoms with Crippen LogP contribution in [0, 0.1) is 6.92 Å². The third-order valence-corrected chi connectivity index (χ3v) is 6.75. The van der Waals surface area contributed by atoms with Gasteiger partial charge in [-0.25, -0.2) is 4.98 Å². The van der Waals surface area contributed by atoms with E-state index in [9.17, 15) is 9.59 Å². The lowest BCUT2D eigenvalue weighted by Gasteiger charge is -2.36. The molecule has 0 radical (unpaired) electrons. The molecule has 2 atom stereocenters. The molecule has 4 rings (SSSR count). The van der Waals surface area contributed by atoms with Crippen LogP contribution in [0.1, 0.15) is 25.0 Å². The van der Waals surface area contributed by atoms with E-state index in [2.05, 4.69) is 4.90 Å². The summed E-state index contributed by atoms with van der Waals surface area (Å²) in [6.07, 6.45) is 3.39. The van der Waals surface area contributed by atoms with Gasteiger partial charge >= 0.3 is 0 Å². The highest BCUT2D eigenvalue weighted by Crippen LogP contribution is 2.33. The van der Waals surface area contributed by atoms with Crippen molar-refractivity contribution in [2.45, 2.75) is 33.0 Å². The molecule has 32 heavy (non-hydrogen) atoms. The predicted molar refractivity (Wildman–Crippen MR) is 130 cm³/mol. The third kappa shape index (κ3) is 4.45. The van der Waals surface area contributed by atoms with Gasteiger partial charge in [-0.15, -0.1) is 0 Å². The van der Waals surface area contributed by atoms with Crippen molar-refractivity contribution in [2.24, 2.45) is 0 Å². The highest BCUT2D eigenvalue weighted by atomic mass is 32.2. The van der Waals surface area contributed by atoms with E-state index in [4.69, 9.17) is 26.7 Å². The summed E-state index contributed by atoms with van der Waals surface area (Å²) in [5.74, 6) is 0.337. The maximum atomic E-state index is 13.6. The molecule has 170 valence electrons. The van der Waals surface area contributed by atoms with Crippen LogP contribution in [-0.2, 0) is 14.3 Å². The fraction of sp³-hybridized carbons (Fsp3) is 0.455. The molecule has 2 saturated heterocycles. The molecule has 0 spiro atoms. The summed E-state index contributed by atoms with van der Waals surface area (Å²) in [5, 5.41) is 0. The van der Waals surface area contributed by atoms with Crippen LogP contribution in [0.2, 0.25) is 0 Å². The minimum Gasteiger partial charge on any atom is -0.383 e. The summed E-state index contributed by atoms with van der Waals surface area (Å²) in [7, 11) is 1.58. The lowest BCUT2D eigenvalue weighted by Crippen LogP contribution is -2.46. The van der Waals surface area contributed by atoms with E-state index < -0.39 is 0 Å². The van der Waals surface area contributed by atoms with Gasteiger partial charge in [0.1, 0.15) is 15.8 Å². The van der Waals surface area contributed by atoms with E-state index in [1.165, 1.54) is 21.1 Å². The van der Waals surface area contributed by atoms with E-state index in [0.717, 1.165) is 5.56 Å². The highest BCUT2D eigenvalue weighted by molar-refractivity contribution is 8.26. The first kappa shape index (κ1) is 22.9. The summed E-state index contributed by atoms with van der Waals surface area (Å²) in [5.41, 5.74) is 1.66. The molecule has 2 fully saturated rings. The summed E-state index contributed by atoms with van der Waals surface area (Å²) in [4.78, 5) is 35.4. The zero-order valence-electron chi connectivity index (χ0n) is 18.5. The zero-order valence-corrected chi connectivity index (χ0v) is 20.2. The van der Waals surface area contributed by atoms with E-state index in [1.807, 2.05) is 32.9 Å². The van der Waals surface area contributed by atoms with Crippen molar-refractivity contribution in [3.8, 4) is 0 Å². The van der Waals surface area contributed by atoms with Crippen molar-refractivity contribution in [1.82, 2.24) is 14.3 Å². The van der Waals surface area contributed by atoms with Crippen LogP contribution in [0.15, 0.2) is 28.0 Å². The summed E-state index contributed by atoms with van der Waals surface area (Å²) >= 11 is 6.58. The number of nitrogens with zero attached hydrogens (tertiary/aromatic N) is 4. The maximum absolute atomic E-state index is 13.6.